The second kappa shape index (κ2) is 25.0. The smallest absolute Gasteiger partial charge is 0.101 e. The lowest BCUT2D eigenvalue weighted by atomic mass is 10.0. The van der Waals surface area contributed by atoms with Crippen molar-refractivity contribution in [1.82, 2.24) is 9.80 Å². The number of rotatable bonds is 27. The summed E-state index contributed by atoms with van der Waals surface area (Å²) in [6, 6.07) is 0. The number of hydrogen-bond acceptors (Lipinski definition) is 2. The standard InChI is InChI=1S/C33H66N2/c1-4-7-9-11-13-15-16-17-18-19-20-21-23-25-27-30-35-32-31-34(33(35)28-6-3)29-26-24-22-14-12-10-8-5-2/h31-33H,4-30H2,1-3H3. The molecular formula is C33H66N2. The van der Waals surface area contributed by atoms with Crippen molar-refractivity contribution in [3.8, 4) is 0 Å². The van der Waals surface area contributed by atoms with E-state index in [1.165, 1.54) is 174 Å². The fraction of sp³-hybridized carbons (Fsp3) is 0.939. The molecule has 35 heavy (non-hydrogen) atoms. The molecule has 1 unspecified atom stereocenters. The van der Waals surface area contributed by atoms with Gasteiger partial charge in [-0.3, -0.25) is 0 Å². The van der Waals surface area contributed by atoms with Crippen molar-refractivity contribution in [2.75, 3.05) is 13.1 Å². The van der Waals surface area contributed by atoms with Crippen LogP contribution in [0.25, 0.3) is 0 Å². The molecule has 0 saturated heterocycles. The Hall–Kier alpha value is -0.660. The maximum absolute atomic E-state index is 2.65. The van der Waals surface area contributed by atoms with Gasteiger partial charge in [0.25, 0.3) is 0 Å². The van der Waals surface area contributed by atoms with E-state index in [9.17, 15) is 0 Å². The monoisotopic (exact) mass is 491 g/mol. The first-order valence-electron chi connectivity index (χ1n) is 16.5. The first kappa shape index (κ1) is 32.4. The molecule has 0 saturated carbocycles. The van der Waals surface area contributed by atoms with Crippen LogP contribution in [0.4, 0.5) is 0 Å². The highest BCUT2D eigenvalue weighted by Crippen LogP contribution is 2.22. The van der Waals surface area contributed by atoms with Crippen LogP contribution in [0.5, 0.6) is 0 Å². The largest absolute Gasteiger partial charge is 0.356 e. The number of unbranched alkanes of at least 4 members (excludes halogenated alkanes) is 21. The van der Waals surface area contributed by atoms with Crippen LogP contribution in [-0.2, 0) is 0 Å². The lowest BCUT2D eigenvalue weighted by Gasteiger charge is -2.33. The molecule has 2 nitrogen and oxygen atoms in total. The van der Waals surface area contributed by atoms with E-state index in [1.54, 1.807) is 0 Å². The third-order valence-electron chi connectivity index (χ3n) is 8.05. The van der Waals surface area contributed by atoms with Crippen LogP contribution >= 0.6 is 0 Å². The van der Waals surface area contributed by atoms with Crippen molar-refractivity contribution in [3.05, 3.63) is 12.4 Å². The zero-order valence-corrected chi connectivity index (χ0v) is 24.7. The average molecular weight is 491 g/mol. The van der Waals surface area contributed by atoms with E-state index in [0.717, 1.165) is 0 Å². The van der Waals surface area contributed by atoms with E-state index in [2.05, 4.69) is 43.0 Å². The van der Waals surface area contributed by atoms with Crippen LogP contribution in [-0.4, -0.2) is 29.1 Å². The Morgan fingerprint density at radius 3 is 0.943 bits per heavy atom. The van der Waals surface area contributed by atoms with Gasteiger partial charge in [0.1, 0.15) is 6.17 Å². The van der Waals surface area contributed by atoms with E-state index in [1.807, 2.05) is 0 Å². The second-order valence-corrected chi connectivity index (χ2v) is 11.5. The molecule has 0 aromatic carbocycles. The molecule has 0 bridgehead atoms. The molecule has 0 amide bonds. The molecule has 0 fully saturated rings. The summed E-state index contributed by atoms with van der Waals surface area (Å²) in [5.74, 6) is 0. The predicted octanol–water partition coefficient (Wildman–Crippen LogP) is 11.2. The van der Waals surface area contributed by atoms with Gasteiger partial charge in [0.2, 0.25) is 0 Å². The Morgan fingerprint density at radius 1 is 0.371 bits per heavy atom. The van der Waals surface area contributed by atoms with Gasteiger partial charge in [-0.1, -0.05) is 162 Å². The molecular weight excluding hydrogens is 424 g/mol. The van der Waals surface area contributed by atoms with Crippen molar-refractivity contribution in [2.45, 2.75) is 187 Å². The third kappa shape index (κ3) is 18.3. The SMILES string of the molecule is CCCCCCCCCCCCCCCCCN1C=CN(CCCCCCCCCC)C1CCC. The molecule has 1 aliphatic heterocycles. The summed E-state index contributed by atoms with van der Waals surface area (Å²) in [4.78, 5) is 5.29. The summed E-state index contributed by atoms with van der Waals surface area (Å²) in [7, 11) is 0. The molecule has 2 heteroatoms. The second-order valence-electron chi connectivity index (χ2n) is 11.5. The van der Waals surface area contributed by atoms with Crippen LogP contribution < -0.4 is 0 Å². The van der Waals surface area contributed by atoms with E-state index >= 15 is 0 Å². The topological polar surface area (TPSA) is 6.48 Å². The molecule has 208 valence electrons. The van der Waals surface area contributed by atoms with Crippen LogP contribution in [0.3, 0.4) is 0 Å². The van der Waals surface area contributed by atoms with Gasteiger partial charge in [-0.05, 0) is 19.3 Å². The molecule has 1 rings (SSSR count). The molecule has 0 aliphatic carbocycles. The molecule has 0 aromatic rings. The quantitative estimate of drug-likeness (QED) is 0.106. The van der Waals surface area contributed by atoms with Gasteiger partial charge in [-0.2, -0.15) is 0 Å². The van der Waals surface area contributed by atoms with E-state index in [-0.39, 0.29) is 0 Å². The molecule has 1 atom stereocenters. The summed E-state index contributed by atoms with van der Waals surface area (Å²) in [6.07, 6.45) is 41.1. The molecule has 0 N–H and O–H groups in total. The predicted molar refractivity (Wildman–Crippen MR) is 159 cm³/mol. The Bertz CT molecular complexity index is 446. The Balaban J connectivity index is 1.96. The van der Waals surface area contributed by atoms with Gasteiger partial charge in [0.15, 0.2) is 0 Å². The first-order chi connectivity index (χ1) is 17.3. The fourth-order valence-electron chi connectivity index (χ4n) is 5.69. The molecule has 0 spiro atoms. The molecule has 0 aromatic heterocycles. The van der Waals surface area contributed by atoms with Crippen molar-refractivity contribution < 1.29 is 0 Å². The fourth-order valence-corrected chi connectivity index (χ4v) is 5.69. The summed E-state index contributed by atoms with van der Waals surface area (Å²) in [5.41, 5.74) is 0. The van der Waals surface area contributed by atoms with Crippen LogP contribution in [0.2, 0.25) is 0 Å². The van der Waals surface area contributed by atoms with E-state index < -0.39 is 0 Å². The van der Waals surface area contributed by atoms with Crippen molar-refractivity contribution >= 4 is 0 Å². The zero-order chi connectivity index (χ0) is 25.2. The summed E-state index contributed by atoms with van der Waals surface area (Å²) >= 11 is 0. The normalized spacial score (nSPS) is 15.6. The highest BCUT2D eigenvalue weighted by molar-refractivity contribution is 4.96. The van der Waals surface area contributed by atoms with Crippen LogP contribution in [0.15, 0.2) is 12.4 Å². The number of hydrogen-bond donors (Lipinski definition) is 0. The number of nitrogens with zero attached hydrogens (tertiary/aromatic N) is 2. The summed E-state index contributed by atoms with van der Waals surface area (Å²) < 4.78 is 0. The lowest BCUT2D eigenvalue weighted by Crippen LogP contribution is -2.39. The minimum absolute atomic E-state index is 0.635. The molecule has 0 radical (unpaired) electrons. The van der Waals surface area contributed by atoms with Crippen molar-refractivity contribution in [3.63, 3.8) is 0 Å². The Kier molecular flexibility index (Phi) is 23.1. The summed E-state index contributed by atoms with van der Waals surface area (Å²) in [6.45, 7) is 9.47. The minimum atomic E-state index is 0.635. The van der Waals surface area contributed by atoms with Gasteiger partial charge in [0.05, 0.1) is 0 Å². The minimum Gasteiger partial charge on any atom is -0.356 e. The van der Waals surface area contributed by atoms with Crippen LogP contribution in [0, 0.1) is 0 Å². The van der Waals surface area contributed by atoms with Gasteiger partial charge >= 0.3 is 0 Å². The van der Waals surface area contributed by atoms with Crippen molar-refractivity contribution in [1.29, 1.82) is 0 Å². The van der Waals surface area contributed by atoms with E-state index in [4.69, 9.17) is 0 Å². The maximum atomic E-state index is 2.65. The summed E-state index contributed by atoms with van der Waals surface area (Å²) in [5, 5.41) is 0. The first-order valence-corrected chi connectivity index (χ1v) is 16.5. The van der Waals surface area contributed by atoms with E-state index in [0.29, 0.717) is 6.17 Å². The van der Waals surface area contributed by atoms with Gasteiger partial charge < -0.3 is 9.80 Å². The highest BCUT2D eigenvalue weighted by Gasteiger charge is 2.24. The van der Waals surface area contributed by atoms with Gasteiger partial charge in [-0.15, -0.1) is 0 Å². The Morgan fingerprint density at radius 2 is 0.657 bits per heavy atom. The molecule has 1 heterocycles. The maximum Gasteiger partial charge on any atom is 0.101 e. The van der Waals surface area contributed by atoms with Crippen LogP contribution in [0.1, 0.15) is 181 Å². The third-order valence-corrected chi connectivity index (χ3v) is 8.05. The van der Waals surface area contributed by atoms with Gasteiger partial charge in [-0.25, -0.2) is 0 Å². The van der Waals surface area contributed by atoms with Gasteiger partial charge in [0, 0.05) is 25.5 Å². The molecule has 1 aliphatic rings. The zero-order valence-electron chi connectivity index (χ0n) is 24.7. The average Bonchev–Trinajstić information content (AvgIpc) is 3.24. The Labute approximate surface area is 222 Å². The van der Waals surface area contributed by atoms with Crippen molar-refractivity contribution in [2.24, 2.45) is 0 Å². The lowest BCUT2D eigenvalue weighted by molar-refractivity contribution is 0.138. The highest BCUT2D eigenvalue weighted by atomic mass is 15.4.